The van der Waals surface area contributed by atoms with Crippen LogP contribution in [0.5, 0.6) is 11.5 Å². The first-order valence-corrected chi connectivity index (χ1v) is 12.2. The van der Waals surface area contributed by atoms with Crippen molar-refractivity contribution in [3.05, 3.63) is 35.1 Å². The fourth-order valence-electron chi connectivity index (χ4n) is 6.59. The van der Waals surface area contributed by atoms with Crippen molar-refractivity contribution in [1.29, 1.82) is 0 Å². The van der Waals surface area contributed by atoms with Crippen molar-refractivity contribution < 1.29 is 53.1 Å². The van der Waals surface area contributed by atoms with Crippen LogP contribution in [0.4, 0.5) is 0 Å². The number of rotatable bonds is 7. The van der Waals surface area contributed by atoms with E-state index in [4.69, 9.17) is 23.7 Å². The van der Waals surface area contributed by atoms with E-state index in [2.05, 4.69) is 4.90 Å². The van der Waals surface area contributed by atoms with Crippen LogP contribution in [0.3, 0.4) is 0 Å². The number of ether oxygens (including phenoxy) is 5. The Morgan fingerprint density at radius 3 is 2.45 bits per heavy atom. The highest BCUT2D eigenvalue weighted by atomic mass is 16.6. The molecule has 2 heterocycles. The number of esters is 3. The third-order valence-corrected chi connectivity index (χ3v) is 8.11. The number of carboxylic acid groups (broad SMARTS) is 1. The zero-order valence-corrected chi connectivity index (χ0v) is 21.4. The molecule has 1 fully saturated rings. The molecule has 204 valence electrons. The molecule has 2 bridgehead atoms. The molecule has 1 aromatic carbocycles. The molecule has 6 atom stereocenters. The van der Waals surface area contributed by atoms with Gasteiger partial charge in [-0.2, -0.15) is 0 Å². The van der Waals surface area contributed by atoms with Gasteiger partial charge in [-0.05, 0) is 44.1 Å². The van der Waals surface area contributed by atoms with Crippen molar-refractivity contribution in [1.82, 2.24) is 4.90 Å². The van der Waals surface area contributed by atoms with Crippen LogP contribution in [-0.4, -0.2) is 89.6 Å². The van der Waals surface area contributed by atoms with E-state index >= 15 is 0 Å². The highest BCUT2D eigenvalue weighted by Gasteiger charge is 2.72. The van der Waals surface area contributed by atoms with E-state index in [0.717, 1.165) is 25.0 Å². The second-order valence-corrected chi connectivity index (χ2v) is 10.1. The minimum Gasteiger partial charge on any atom is -0.493 e. The normalized spacial score (nSPS) is 30.1. The third-order valence-electron chi connectivity index (χ3n) is 8.11. The van der Waals surface area contributed by atoms with Crippen molar-refractivity contribution in [2.24, 2.45) is 0 Å². The first-order chi connectivity index (χ1) is 17.9. The van der Waals surface area contributed by atoms with Crippen LogP contribution < -0.4 is 9.47 Å². The van der Waals surface area contributed by atoms with Crippen LogP contribution in [0.15, 0.2) is 24.0 Å². The highest BCUT2D eigenvalue weighted by molar-refractivity contribution is 5.88. The summed E-state index contributed by atoms with van der Waals surface area (Å²) in [4.78, 5) is 50.4. The summed E-state index contributed by atoms with van der Waals surface area (Å²) in [6, 6.07) is 3.52. The SMILES string of the molecule is COc1ccc2c3c1O[C@H]1C(OC(=O)[C@H](OC(C)=O)[C@@H](OC(C)=O)C(=O)O)=CC[C@@]4(O)[C@H](C2)N(C)CC[C@]314. The molecule has 38 heavy (non-hydrogen) atoms. The van der Waals surface area contributed by atoms with Crippen molar-refractivity contribution >= 4 is 23.9 Å². The number of piperidine rings is 1. The van der Waals surface area contributed by atoms with E-state index in [9.17, 15) is 29.4 Å². The predicted molar refractivity (Wildman–Crippen MR) is 126 cm³/mol. The molecule has 2 N–H and O–H groups in total. The van der Waals surface area contributed by atoms with E-state index in [1.807, 2.05) is 13.1 Å². The average molecular weight is 532 g/mol. The molecule has 0 radical (unpaired) electrons. The first-order valence-electron chi connectivity index (χ1n) is 12.2. The molecular formula is C26H29NO11. The van der Waals surface area contributed by atoms with Crippen LogP contribution >= 0.6 is 0 Å². The molecule has 0 aromatic heterocycles. The molecule has 1 saturated heterocycles. The van der Waals surface area contributed by atoms with Gasteiger partial charge in [0.1, 0.15) is 5.76 Å². The number of aliphatic hydroxyl groups is 1. The van der Waals surface area contributed by atoms with Gasteiger partial charge in [0.15, 0.2) is 17.6 Å². The lowest BCUT2D eigenvalue weighted by Gasteiger charge is -2.61. The Kier molecular flexibility index (Phi) is 6.14. The molecule has 1 aromatic rings. The number of methoxy groups -OCH3 is 1. The fraction of sp³-hybridized carbons (Fsp3) is 0.538. The molecule has 0 amide bonds. The van der Waals surface area contributed by atoms with E-state index in [-0.39, 0.29) is 18.2 Å². The minimum absolute atomic E-state index is 0.0400. The quantitative estimate of drug-likeness (QED) is 0.371. The van der Waals surface area contributed by atoms with Gasteiger partial charge in [-0.3, -0.25) is 9.59 Å². The monoisotopic (exact) mass is 531 g/mol. The van der Waals surface area contributed by atoms with Crippen LogP contribution in [0.1, 0.15) is 37.8 Å². The molecular weight excluding hydrogens is 502 g/mol. The summed E-state index contributed by atoms with van der Waals surface area (Å²) < 4.78 is 27.3. The number of carbonyl (C=O) groups is 4. The number of hydrogen-bond acceptors (Lipinski definition) is 11. The zero-order valence-electron chi connectivity index (χ0n) is 21.4. The zero-order chi connectivity index (χ0) is 27.6. The van der Waals surface area contributed by atoms with Gasteiger partial charge in [-0.15, -0.1) is 0 Å². The maximum atomic E-state index is 13.3. The second kappa shape index (κ2) is 8.98. The minimum atomic E-state index is -2.13. The second-order valence-electron chi connectivity index (χ2n) is 10.1. The number of benzene rings is 1. The number of carboxylic acids is 1. The summed E-state index contributed by atoms with van der Waals surface area (Å²) in [7, 11) is 3.47. The molecule has 0 saturated carbocycles. The Labute approximate surface area is 218 Å². The summed E-state index contributed by atoms with van der Waals surface area (Å²) in [5.41, 5.74) is -0.404. The summed E-state index contributed by atoms with van der Waals surface area (Å²) in [5, 5.41) is 21.8. The smallest absolute Gasteiger partial charge is 0.357 e. The summed E-state index contributed by atoms with van der Waals surface area (Å²) in [5.74, 6) is -3.94. The van der Waals surface area contributed by atoms with Crippen molar-refractivity contribution in [3.63, 3.8) is 0 Å². The van der Waals surface area contributed by atoms with Crippen molar-refractivity contribution in [3.8, 4) is 11.5 Å². The standard InChI is InChI=1S/C26H29NO11/c1-12(28)35-20(23(30)31)21(36-13(2)29)24(32)37-16-7-8-26(33)17-11-14-5-6-15(34-4)19-18(14)25(26,22(16)38-19)9-10-27(17)3/h5-7,17,20-22,33H,8-11H2,1-4H3,(H,30,31)/t17-,20+,21+,22-,25-,26+/m0/s1. The van der Waals surface area contributed by atoms with Gasteiger partial charge in [0.2, 0.25) is 12.2 Å². The third kappa shape index (κ3) is 3.57. The van der Waals surface area contributed by atoms with Gasteiger partial charge in [0.25, 0.3) is 0 Å². The molecule has 2 aliphatic carbocycles. The number of likely N-dealkylation sites (tertiary alicyclic amines) is 1. The molecule has 5 rings (SSSR count). The van der Waals surface area contributed by atoms with Gasteiger partial charge in [-0.25, -0.2) is 9.59 Å². The lowest BCUT2D eigenvalue weighted by molar-refractivity contribution is -0.190. The highest BCUT2D eigenvalue weighted by Crippen LogP contribution is 2.65. The lowest BCUT2D eigenvalue weighted by atomic mass is 9.50. The Bertz CT molecular complexity index is 1260. The van der Waals surface area contributed by atoms with Crippen molar-refractivity contribution in [2.45, 2.75) is 68.5 Å². The number of nitrogens with zero attached hydrogens (tertiary/aromatic N) is 1. The van der Waals surface area contributed by atoms with Crippen LogP contribution in [0.25, 0.3) is 0 Å². The lowest BCUT2D eigenvalue weighted by Crippen LogP contribution is -2.74. The van der Waals surface area contributed by atoms with E-state index in [1.165, 1.54) is 7.11 Å². The van der Waals surface area contributed by atoms with E-state index in [0.29, 0.717) is 30.9 Å². The molecule has 1 spiro atoms. The van der Waals surface area contributed by atoms with Gasteiger partial charge >= 0.3 is 23.9 Å². The molecule has 4 aliphatic rings. The van der Waals surface area contributed by atoms with Crippen molar-refractivity contribution in [2.75, 3.05) is 20.7 Å². The van der Waals surface area contributed by atoms with Gasteiger partial charge in [0.05, 0.1) is 18.1 Å². The fourth-order valence-corrected chi connectivity index (χ4v) is 6.59. The molecule has 12 nitrogen and oxygen atoms in total. The van der Waals surface area contributed by atoms with Gasteiger partial charge in [0, 0.05) is 31.9 Å². The van der Waals surface area contributed by atoms with Crippen LogP contribution in [-0.2, 0) is 45.2 Å². The van der Waals surface area contributed by atoms with Crippen LogP contribution in [0, 0.1) is 0 Å². The van der Waals surface area contributed by atoms with Crippen LogP contribution in [0.2, 0.25) is 0 Å². The number of aliphatic carboxylic acids is 1. The summed E-state index contributed by atoms with van der Waals surface area (Å²) in [6.45, 7) is 2.59. The maximum Gasteiger partial charge on any atom is 0.357 e. The Morgan fingerprint density at radius 1 is 1.13 bits per heavy atom. The summed E-state index contributed by atoms with van der Waals surface area (Å²) in [6.07, 6.45) is -2.38. The molecule has 0 unspecified atom stereocenters. The average Bonchev–Trinajstić information content (AvgIpc) is 3.20. The predicted octanol–water partition coefficient (Wildman–Crippen LogP) is 0.464. The Balaban J connectivity index is 1.56. The van der Waals surface area contributed by atoms with Gasteiger partial charge in [-0.1, -0.05) is 6.07 Å². The van der Waals surface area contributed by atoms with Gasteiger partial charge < -0.3 is 38.8 Å². The van der Waals surface area contributed by atoms with E-state index in [1.54, 1.807) is 12.1 Å². The summed E-state index contributed by atoms with van der Waals surface area (Å²) >= 11 is 0. The largest absolute Gasteiger partial charge is 0.493 e. The molecule has 12 heteroatoms. The van der Waals surface area contributed by atoms with E-state index < -0.39 is 53.2 Å². The first kappa shape index (κ1) is 26.0. The maximum absolute atomic E-state index is 13.3. The number of hydrogen-bond donors (Lipinski definition) is 2. The topological polar surface area (TPSA) is 158 Å². The Morgan fingerprint density at radius 2 is 1.82 bits per heavy atom. The number of carbonyl (C=O) groups excluding carboxylic acids is 3. The number of likely N-dealkylation sites (N-methyl/N-ethyl adjacent to an activating group) is 1. The Hall–Kier alpha value is -3.64. The molecule has 2 aliphatic heterocycles.